The third-order valence-corrected chi connectivity index (χ3v) is 6.92. The maximum absolute atomic E-state index is 13.3. The van der Waals surface area contributed by atoms with Crippen LogP contribution in [0.3, 0.4) is 0 Å². The van der Waals surface area contributed by atoms with Gasteiger partial charge < -0.3 is 15.1 Å². The van der Waals surface area contributed by atoms with Crippen molar-refractivity contribution in [3.63, 3.8) is 0 Å². The fourth-order valence-electron chi connectivity index (χ4n) is 4.64. The molecule has 0 radical (unpaired) electrons. The molecule has 2 unspecified atom stereocenters. The lowest BCUT2D eigenvalue weighted by Gasteiger charge is -2.35. The van der Waals surface area contributed by atoms with Gasteiger partial charge in [-0.1, -0.05) is 42.5 Å². The monoisotopic (exact) mass is 434 g/mol. The van der Waals surface area contributed by atoms with Crippen molar-refractivity contribution >= 4 is 17.5 Å². The summed E-state index contributed by atoms with van der Waals surface area (Å²) in [6.07, 6.45) is 0.259. The third-order valence-electron chi connectivity index (χ3n) is 6.92. The van der Waals surface area contributed by atoms with Crippen LogP contribution in [-0.4, -0.2) is 67.9 Å². The van der Waals surface area contributed by atoms with Gasteiger partial charge in [0.2, 0.25) is 11.8 Å². The van der Waals surface area contributed by atoms with E-state index in [0.717, 1.165) is 55.1 Å². The summed E-state index contributed by atoms with van der Waals surface area (Å²) in [6.45, 7) is 9.37. The molecule has 2 aliphatic rings. The molecule has 2 aromatic rings. The van der Waals surface area contributed by atoms with E-state index in [-0.39, 0.29) is 30.2 Å². The van der Waals surface area contributed by atoms with Gasteiger partial charge in [-0.05, 0) is 43.7 Å². The number of nitrogens with one attached hydrogen (secondary N) is 1. The highest BCUT2D eigenvalue weighted by molar-refractivity contribution is 6.01. The van der Waals surface area contributed by atoms with Gasteiger partial charge in [-0.3, -0.25) is 14.5 Å². The third kappa shape index (κ3) is 5.03. The number of rotatable bonds is 6. The second kappa shape index (κ2) is 9.84. The van der Waals surface area contributed by atoms with E-state index in [2.05, 4.69) is 34.3 Å². The SMILES string of the molecule is Cc1cccc(N2CC(C(=O)NC(CN3CCN(C)CC3)c3ccccc3)CC2=O)c1C. The first-order valence-electron chi connectivity index (χ1n) is 11.5. The van der Waals surface area contributed by atoms with Crippen molar-refractivity contribution in [1.29, 1.82) is 0 Å². The Balaban J connectivity index is 1.46. The molecule has 6 nitrogen and oxygen atoms in total. The zero-order chi connectivity index (χ0) is 22.7. The molecule has 0 aliphatic carbocycles. The van der Waals surface area contributed by atoms with Crippen LogP contribution in [0.5, 0.6) is 0 Å². The van der Waals surface area contributed by atoms with E-state index in [4.69, 9.17) is 0 Å². The number of nitrogens with zero attached hydrogens (tertiary/aromatic N) is 3. The zero-order valence-electron chi connectivity index (χ0n) is 19.4. The van der Waals surface area contributed by atoms with Crippen molar-refractivity contribution in [2.24, 2.45) is 5.92 Å². The van der Waals surface area contributed by atoms with Crippen molar-refractivity contribution in [1.82, 2.24) is 15.1 Å². The summed E-state index contributed by atoms with van der Waals surface area (Å²) in [5, 5.41) is 3.28. The summed E-state index contributed by atoms with van der Waals surface area (Å²) in [7, 11) is 2.15. The normalized spacial score (nSPS) is 21.0. The van der Waals surface area contributed by atoms with Crippen LogP contribution in [0.4, 0.5) is 5.69 Å². The lowest BCUT2D eigenvalue weighted by Crippen LogP contribution is -2.48. The molecule has 1 N–H and O–H groups in total. The molecule has 0 saturated carbocycles. The van der Waals surface area contributed by atoms with Gasteiger partial charge in [-0.25, -0.2) is 0 Å². The molecule has 6 heteroatoms. The number of hydrogen-bond acceptors (Lipinski definition) is 4. The minimum Gasteiger partial charge on any atom is -0.348 e. The number of carbonyl (C=O) groups excluding carboxylic acids is 2. The molecule has 2 heterocycles. The average molecular weight is 435 g/mol. The molecule has 0 aromatic heterocycles. The molecule has 2 aliphatic heterocycles. The maximum atomic E-state index is 13.3. The number of piperazine rings is 1. The largest absolute Gasteiger partial charge is 0.348 e. The highest BCUT2D eigenvalue weighted by Gasteiger charge is 2.36. The first-order chi connectivity index (χ1) is 15.4. The average Bonchev–Trinajstić information content (AvgIpc) is 3.19. The van der Waals surface area contributed by atoms with Crippen LogP contribution in [0.2, 0.25) is 0 Å². The first kappa shape index (κ1) is 22.5. The second-order valence-electron chi connectivity index (χ2n) is 9.20. The Kier molecular flexibility index (Phi) is 6.92. The van der Waals surface area contributed by atoms with Crippen molar-refractivity contribution in [3.05, 3.63) is 65.2 Å². The smallest absolute Gasteiger partial charge is 0.227 e. The van der Waals surface area contributed by atoms with E-state index in [1.54, 1.807) is 4.90 Å². The Morgan fingerprint density at radius 2 is 1.75 bits per heavy atom. The minimum atomic E-state index is -0.332. The molecule has 0 bridgehead atoms. The van der Waals surface area contributed by atoms with Gasteiger partial charge in [-0.15, -0.1) is 0 Å². The Morgan fingerprint density at radius 3 is 2.47 bits per heavy atom. The Bertz CT molecular complexity index is 954. The predicted octanol–water partition coefficient (Wildman–Crippen LogP) is 2.76. The number of hydrogen-bond donors (Lipinski definition) is 1. The quantitative estimate of drug-likeness (QED) is 0.760. The molecule has 2 atom stereocenters. The lowest BCUT2D eigenvalue weighted by atomic mass is 10.0. The fourth-order valence-corrected chi connectivity index (χ4v) is 4.64. The van der Waals surface area contributed by atoms with E-state index >= 15 is 0 Å². The fraction of sp³-hybridized carbons (Fsp3) is 0.462. The van der Waals surface area contributed by atoms with E-state index in [0.29, 0.717) is 6.54 Å². The van der Waals surface area contributed by atoms with Crippen LogP contribution in [0.15, 0.2) is 48.5 Å². The molecule has 170 valence electrons. The number of amides is 2. The summed E-state index contributed by atoms with van der Waals surface area (Å²) in [5.74, 6) is -0.343. The number of likely N-dealkylation sites (N-methyl/N-ethyl adjacent to an activating group) is 1. The summed E-state index contributed by atoms with van der Waals surface area (Å²) in [5.41, 5.74) is 4.27. The molecule has 2 saturated heterocycles. The molecule has 32 heavy (non-hydrogen) atoms. The zero-order valence-corrected chi connectivity index (χ0v) is 19.4. The number of carbonyl (C=O) groups is 2. The molecule has 4 rings (SSSR count). The van der Waals surface area contributed by atoms with Crippen molar-refractivity contribution in [2.75, 3.05) is 51.2 Å². The minimum absolute atomic E-state index is 0.0224. The van der Waals surface area contributed by atoms with Gasteiger partial charge in [0.1, 0.15) is 0 Å². The van der Waals surface area contributed by atoms with Crippen LogP contribution >= 0.6 is 0 Å². The summed E-state index contributed by atoms with van der Waals surface area (Å²) < 4.78 is 0. The number of anilines is 1. The highest BCUT2D eigenvalue weighted by Crippen LogP contribution is 2.30. The van der Waals surface area contributed by atoms with E-state index in [1.165, 1.54) is 0 Å². The van der Waals surface area contributed by atoms with Crippen molar-refractivity contribution in [2.45, 2.75) is 26.3 Å². The van der Waals surface area contributed by atoms with Gasteiger partial charge in [0.05, 0.1) is 12.0 Å². The van der Waals surface area contributed by atoms with Crippen LogP contribution in [0.1, 0.15) is 29.2 Å². The summed E-state index contributed by atoms with van der Waals surface area (Å²) >= 11 is 0. The maximum Gasteiger partial charge on any atom is 0.227 e. The summed E-state index contributed by atoms with van der Waals surface area (Å²) in [6, 6.07) is 16.1. The van der Waals surface area contributed by atoms with E-state index in [9.17, 15) is 9.59 Å². The van der Waals surface area contributed by atoms with Gasteiger partial charge in [-0.2, -0.15) is 0 Å². The van der Waals surface area contributed by atoms with E-state index in [1.807, 2.05) is 50.2 Å². The standard InChI is InChI=1S/C26H34N4O2/c1-19-8-7-11-24(20(19)2)30-17-22(16-25(30)31)26(32)27-23(21-9-5-4-6-10-21)18-29-14-12-28(3)13-15-29/h4-11,22-23H,12-18H2,1-3H3,(H,27,32). The summed E-state index contributed by atoms with van der Waals surface area (Å²) in [4.78, 5) is 32.6. The van der Waals surface area contributed by atoms with Crippen LogP contribution in [-0.2, 0) is 9.59 Å². The van der Waals surface area contributed by atoms with Gasteiger partial charge in [0.25, 0.3) is 0 Å². The molecule has 2 amide bonds. The molecule has 2 aromatic carbocycles. The van der Waals surface area contributed by atoms with Crippen LogP contribution < -0.4 is 10.2 Å². The Morgan fingerprint density at radius 1 is 1.03 bits per heavy atom. The van der Waals surface area contributed by atoms with Gasteiger partial charge in [0, 0.05) is 51.4 Å². The number of aryl methyl sites for hydroxylation is 1. The number of benzene rings is 2. The molecule has 2 fully saturated rings. The second-order valence-corrected chi connectivity index (χ2v) is 9.20. The van der Waals surface area contributed by atoms with Crippen LogP contribution in [0, 0.1) is 19.8 Å². The van der Waals surface area contributed by atoms with Gasteiger partial charge in [0.15, 0.2) is 0 Å². The topological polar surface area (TPSA) is 55.9 Å². The molecule has 0 spiro atoms. The van der Waals surface area contributed by atoms with Gasteiger partial charge >= 0.3 is 0 Å². The lowest BCUT2D eigenvalue weighted by molar-refractivity contribution is -0.127. The Hall–Kier alpha value is -2.70. The Labute approximate surface area is 191 Å². The van der Waals surface area contributed by atoms with E-state index < -0.39 is 0 Å². The van der Waals surface area contributed by atoms with Crippen LogP contribution in [0.25, 0.3) is 0 Å². The highest BCUT2D eigenvalue weighted by atomic mass is 16.2. The molecular weight excluding hydrogens is 400 g/mol. The first-order valence-corrected chi connectivity index (χ1v) is 11.5. The molecular formula is C26H34N4O2. The predicted molar refractivity (Wildman–Crippen MR) is 128 cm³/mol. The van der Waals surface area contributed by atoms with Crippen molar-refractivity contribution < 1.29 is 9.59 Å². The van der Waals surface area contributed by atoms with Crippen molar-refractivity contribution in [3.8, 4) is 0 Å².